The molecule has 6 nitrogen and oxygen atoms in total. The summed E-state index contributed by atoms with van der Waals surface area (Å²) in [5, 5.41) is 3.60. The summed E-state index contributed by atoms with van der Waals surface area (Å²) in [5.74, 6) is 0.768. The Kier molecular flexibility index (Phi) is 6.85. The highest BCUT2D eigenvalue weighted by Gasteiger charge is 2.21. The molecule has 0 spiro atoms. The minimum absolute atomic E-state index is 0.0486. The van der Waals surface area contributed by atoms with Gasteiger partial charge in [0.1, 0.15) is 22.9 Å². The van der Waals surface area contributed by atoms with E-state index in [1.807, 2.05) is 0 Å². The van der Waals surface area contributed by atoms with Crippen LogP contribution in [0.3, 0.4) is 0 Å². The van der Waals surface area contributed by atoms with Crippen molar-refractivity contribution >= 4 is 16.9 Å². The number of carbonyl (C=O) groups is 1. The lowest BCUT2D eigenvalue weighted by molar-refractivity contribution is 0.0909. The van der Waals surface area contributed by atoms with Crippen LogP contribution >= 0.6 is 0 Å². The van der Waals surface area contributed by atoms with Crippen LogP contribution in [0.15, 0.2) is 57.7 Å². The van der Waals surface area contributed by atoms with Crippen LogP contribution in [0.2, 0.25) is 0 Å². The van der Waals surface area contributed by atoms with Gasteiger partial charge in [-0.3, -0.25) is 9.59 Å². The van der Waals surface area contributed by atoms with E-state index in [0.29, 0.717) is 34.6 Å². The van der Waals surface area contributed by atoms with Crippen LogP contribution < -0.4 is 15.5 Å². The quantitative estimate of drug-likeness (QED) is 0.567. The Morgan fingerprint density at radius 2 is 1.91 bits per heavy atom. The second-order valence-corrected chi connectivity index (χ2v) is 8.18. The highest BCUT2D eigenvalue weighted by molar-refractivity contribution is 5.94. The second kappa shape index (κ2) is 9.96. The normalized spacial score (nSPS) is 15.1. The van der Waals surface area contributed by atoms with E-state index in [-0.39, 0.29) is 23.2 Å². The molecule has 1 aliphatic rings. The number of halogens is 1. The number of fused-ring (bicyclic) bond motifs is 1. The third-order valence-corrected chi connectivity index (χ3v) is 5.74. The van der Waals surface area contributed by atoms with E-state index in [1.165, 1.54) is 30.3 Å². The first-order chi connectivity index (χ1) is 15.5. The van der Waals surface area contributed by atoms with Gasteiger partial charge in [-0.25, -0.2) is 4.39 Å². The summed E-state index contributed by atoms with van der Waals surface area (Å²) in [6, 6.07) is 12.5. The maximum absolute atomic E-state index is 13.0. The number of likely N-dealkylation sites (tertiary alicyclic amines) is 1. The maximum Gasteiger partial charge on any atom is 0.251 e. The van der Waals surface area contributed by atoms with Crippen LogP contribution in [0.4, 0.5) is 4.39 Å². The molecule has 168 valence electrons. The van der Waals surface area contributed by atoms with E-state index in [2.05, 4.69) is 10.2 Å². The number of amides is 1. The van der Waals surface area contributed by atoms with Crippen molar-refractivity contribution in [1.82, 2.24) is 10.2 Å². The van der Waals surface area contributed by atoms with Crippen molar-refractivity contribution in [3.8, 4) is 5.75 Å². The number of nitrogens with one attached hydrogen (secondary N) is 1. The molecule has 7 heteroatoms. The molecule has 2 aromatic carbocycles. The monoisotopic (exact) mass is 438 g/mol. The summed E-state index contributed by atoms with van der Waals surface area (Å²) in [4.78, 5) is 26.6. The van der Waals surface area contributed by atoms with Crippen LogP contribution in [0, 0.1) is 12.7 Å². The predicted octanol–water partition coefficient (Wildman–Crippen LogP) is 3.90. The smallest absolute Gasteiger partial charge is 0.251 e. The maximum atomic E-state index is 13.0. The summed E-state index contributed by atoms with van der Waals surface area (Å²) in [7, 11) is 0. The van der Waals surface area contributed by atoms with Gasteiger partial charge in [0.15, 0.2) is 5.43 Å². The first-order valence-electron chi connectivity index (χ1n) is 10.9. The van der Waals surface area contributed by atoms with Gasteiger partial charge in [0.25, 0.3) is 5.91 Å². The van der Waals surface area contributed by atoms with Gasteiger partial charge in [-0.05, 0) is 62.6 Å². The van der Waals surface area contributed by atoms with Crippen LogP contribution in [-0.2, 0) is 0 Å². The molecular weight excluding hydrogens is 411 g/mol. The van der Waals surface area contributed by atoms with E-state index < -0.39 is 0 Å². The first-order valence-corrected chi connectivity index (χ1v) is 10.9. The van der Waals surface area contributed by atoms with Gasteiger partial charge in [0, 0.05) is 43.4 Å². The minimum Gasteiger partial charge on any atom is -0.493 e. The second-order valence-electron chi connectivity index (χ2n) is 8.18. The number of hydrogen-bond donors (Lipinski definition) is 1. The fourth-order valence-corrected chi connectivity index (χ4v) is 3.99. The van der Waals surface area contributed by atoms with E-state index >= 15 is 0 Å². The Bertz CT molecular complexity index is 1130. The molecule has 0 saturated carbocycles. The Hall–Kier alpha value is -3.19. The molecule has 32 heavy (non-hydrogen) atoms. The highest BCUT2D eigenvalue weighted by atomic mass is 19.1. The Balaban J connectivity index is 1.18. The zero-order valence-electron chi connectivity index (χ0n) is 18.1. The number of carbonyl (C=O) groups excluding carboxylic acids is 1. The number of rotatable bonds is 7. The molecule has 3 aromatic rings. The van der Waals surface area contributed by atoms with Crippen LogP contribution in [0.25, 0.3) is 11.0 Å². The van der Waals surface area contributed by atoms with Gasteiger partial charge < -0.3 is 19.4 Å². The molecule has 1 N–H and O–H groups in total. The van der Waals surface area contributed by atoms with Gasteiger partial charge in [0.05, 0.1) is 12.0 Å². The molecule has 0 radical (unpaired) electrons. The number of hydrogen-bond acceptors (Lipinski definition) is 5. The number of nitrogens with zero attached hydrogens (tertiary/aromatic N) is 1. The van der Waals surface area contributed by atoms with Crippen molar-refractivity contribution in [3.05, 3.63) is 75.9 Å². The van der Waals surface area contributed by atoms with E-state index in [9.17, 15) is 14.0 Å². The Labute approximate surface area is 186 Å². The molecule has 0 atom stereocenters. The fraction of sp³-hybridized carbons (Fsp3) is 0.360. The lowest BCUT2D eigenvalue weighted by Crippen LogP contribution is -2.45. The van der Waals surface area contributed by atoms with Crippen LogP contribution in [0.5, 0.6) is 5.75 Å². The molecular formula is C25H27FN2O4. The number of aryl methyl sites for hydroxylation is 1. The van der Waals surface area contributed by atoms with Gasteiger partial charge in [-0.1, -0.05) is 0 Å². The van der Waals surface area contributed by atoms with Crippen molar-refractivity contribution in [2.75, 3.05) is 26.2 Å². The minimum atomic E-state index is -0.346. The van der Waals surface area contributed by atoms with Crippen molar-refractivity contribution < 1.29 is 18.3 Å². The Morgan fingerprint density at radius 1 is 1.16 bits per heavy atom. The largest absolute Gasteiger partial charge is 0.493 e. The SMILES string of the molecule is Cc1cc(=O)c2ccc(OCCCN3CCC(NC(=O)c4ccc(F)cc4)CC3)cc2o1. The molecule has 2 heterocycles. The highest BCUT2D eigenvalue weighted by Crippen LogP contribution is 2.20. The van der Waals surface area contributed by atoms with Crippen molar-refractivity contribution in [1.29, 1.82) is 0 Å². The predicted molar refractivity (Wildman–Crippen MR) is 121 cm³/mol. The van der Waals surface area contributed by atoms with E-state index in [4.69, 9.17) is 9.15 Å². The van der Waals surface area contributed by atoms with Gasteiger partial charge >= 0.3 is 0 Å². The average molecular weight is 438 g/mol. The number of piperidine rings is 1. The van der Waals surface area contributed by atoms with Gasteiger partial charge in [-0.15, -0.1) is 0 Å². The topological polar surface area (TPSA) is 71.8 Å². The molecule has 1 fully saturated rings. The Morgan fingerprint density at radius 3 is 2.66 bits per heavy atom. The molecule has 1 amide bonds. The number of ether oxygens (including phenoxy) is 1. The lowest BCUT2D eigenvalue weighted by Gasteiger charge is -2.32. The summed E-state index contributed by atoms with van der Waals surface area (Å²) in [5.41, 5.74) is 0.971. The fourth-order valence-electron chi connectivity index (χ4n) is 3.99. The van der Waals surface area contributed by atoms with Crippen molar-refractivity contribution in [2.45, 2.75) is 32.2 Å². The average Bonchev–Trinajstić information content (AvgIpc) is 2.78. The molecule has 0 aliphatic carbocycles. The van der Waals surface area contributed by atoms with Crippen molar-refractivity contribution in [3.63, 3.8) is 0 Å². The molecule has 0 bridgehead atoms. The summed E-state index contributed by atoms with van der Waals surface area (Å²) < 4.78 is 24.5. The molecule has 4 rings (SSSR count). The molecule has 1 aliphatic heterocycles. The lowest BCUT2D eigenvalue weighted by atomic mass is 10.0. The van der Waals surface area contributed by atoms with Crippen molar-refractivity contribution in [2.24, 2.45) is 0 Å². The van der Waals surface area contributed by atoms with E-state index in [0.717, 1.165) is 38.9 Å². The standard InChI is InChI=1S/C25H27FN2O4/c1-17-15-23(29)22-8-7-21(16-24(22)32-17)31-14-2-11-28-12-9-20(10-13-28)27-25(30)18-3-5-19(26)6-4-18/h3-8,15-16,20H,2,9-14H2,1H3,(H,27,30). The zero-order chi connectivity index (χ0) is 22.5. The summed E-state index contributed by atoms with van der Waals surface area (Å²) in [6.45, 7) is 5.07. The molecule has 1 saturated heterocycles. The summed E-state index contributed by atoms with van der Waals surface area (Å²) >= 11 is 0. The van der Waals surface area contributed by atoms with Crippen LogP contribution in [0.1, 0.15) is 35.4 Å². The molecule has 0 unspecified atom stereocenters. The third kappa shape index (κ3) is 5.53. The van der Waals surface area contributed by atoms with Gasteiger partial charge in [0.2, 0.25) is 0 Å². The number of benzene rings is 2. The van der Waals surface area contributed by atoms with Crippen LogP contribution in [-0.4, -0.2) is 43.1 Å². The third-order valence-electron chi connectivity index (χ3n) is 5.74. The molecule has 1 aromatic heterocycles. The summed E-state index contributed by atoms with van der Waals surface area (Å²) in [6.07, 6.45) is 2.65. The van der Waals surface area contributed by atoms with Gasteiger partial charge in [-0.2, -0.15) is 0 Å². The zero-order valence-corrected chi connectivity index (χ0v) is 18.1. The van der Waals surface area contributed by atoms with E-state index in [1.54, 1.807) is 25.1 Å². The first kappa shape index (κ1) is 22.0.